The van der Waals surface area contributed by atoms with Crippen LogP contribution in [0.25, 0.3) is 0 Å². The van der Waals surface area contributed by atoms with Gasteiger partial charge < -0.3 is 11.1 Å². The zero-order valence-electron chi connectivity index (χ0n) is 21.5. The fourth-order valence-electron chi connectivity index (χ4n) is 8.19. The van der Waals surface area contributed by atoms with Gasteiger partial charge in [-0.3, -0.25) is 4.79 Å². The van der Waals surface area contributed by atoms with Crippen molar-refractivity contribution >= 4 is 15.9 Å². The molecule has 0 spiro atoms. The van der Waals surface area contributed by atoms with Crippen molar-refractivity contribution in [2.75, 3.05) is 13.1 Å². The van der Waals surface area contributed by atoms with Gasteiger partial charge in [0.05, 0.1) is 10.8 Å². The molecule has 1 amide bonds. The number of carbonyl (C=O) groups is 1. The zero-order chi connectivity index (χ0) is 25.6. The number of rotatable bonds is 8. The lowest BCUT2D eigenvalue weighted by Gasteiger charge is -2.57. The van der Waals surface area contributed by atoms with Crippen LogP contribution in [0.5, 0.6) is 0 Å². The zero-order valence-corrected chi connectivity index (χ0v) is 22.3. The number of sulfonamides is 1. The molecule has 2 atom stereocenters. The van der Waals surface area contributed by atoms with E-state index in [0.717, 1.165) is 61.0 Å². The molecular weight excluding hydrogens is 482 g/mol. The maximum absolute atomic E-state index is 14.0. The molecule has 1 unspecified atom stereocenters. The quantitative estimate of drug-likeness (QED) is 0.544. The van der Waals surface area contributed by atoms with Crippen LogP contribution < -0.4 is 11.1 Å². The van der Waals surface area contributed by atoms with Gasteiger partial charge in [-0.25, -0.2) is 8.42 Å². The van der Waals surface area contributed by atoms with Crippen LogP contribution >= 0.6 is 0 Å². The SMILES string of the molecule is NC[C@H]1CCCN1S(=O)(=O)c1ccc(C(Cc2ccccc2)C(=O)NC23CC4CC(CC(C4)C2)C3)cc1. The van der Waals surface area contributed by atoms with E-state index in [2.05, 4.69) is 17.4 Å². The summed E-state index contributed by atoms with van der Waals surface area (Å²) < 4.78 is 28.2. The van der Waals surface area contributed by atoms with Gasteiger partial charge in [-0.05, 0) is 98.8 Å². The Kier molecular flexibility index (Phi) is 6.66. The molecular formula is C30H39N3O3S. The van der Waals surface area contributed by atoms with E-state index in [1.165, 1.54) is 19.3 Å². The van der Waals surface area contributed by atoms with E-state index in [4.69, 9.17) is 5.73 Å². The topological polar surface area (TPSA) is 92.5 Å². The van der Waals surface area contributed by atoms with Crippen molar-refractivity contribution in [2.45, 2.75) is 80.2 Å². The highest BCUT2D eigenvalue weighted by Crippen LogP contribution is 2.55. The Hall–Kier alpha value is -2.22. The molecule has 7 rings (SSSR count). The van der Waals surface area contributed by atoms with Crippen molar-refractivity contribution in [3.63, 3.8) is 0 Å². The predicted octanol–water partition coefficient (Wildman–Crippen LogP) is 4.21. The number of hydrogen-bond acceptors (Lipinski definition) is 4. The molecule has 1 heterocycles. The first-order valence-electron chi connectivity index (χ1n) is 14.0. The van der Waals surface area contributed by atoms with Gasteiger partial charge in [0.2, 0.25) is 15.9 Å². The van der Waals surface area contributed by atoms with Crippen LogP contribution in [0.3, 0.4) is 0 Å². The van der Waals surface area contributed by atoms with E-state index in [-0.39, 0.29) is 28.3 Å². The normalized spacial score (nSPS) is 31.9. The number of hydrogen-bond donors (Lipinski definition) is 2. The number of carbonyl (C=O) groups excluding carboxylic acids is 1. The minimum atomic E-state index is -3.61. The Balaban J connectivity index is 1.26. The molecule has 0 aromatic heterocycles. The lowest BCUT2D eigenvalue weighted by molar-refractivity contribution is -0.128. The summed E-state index contributed by atoms with van der Waals surface area (Å²) in [5.74, 6) is 1.98. The molecule has 4 saturated carbocycles. The van der Waals surface area contributed by atoms with Crippen molar-refractivity contribution in [1.29, 1.82) is 0 Å². The first-order chi connectivity index (χ1) is 17.8. The Morgan fingerprint density at radius 3 is 2.19 bits per heavy atom. The van der Waals surface area contributed by atoms with Gasteiger partial charge in [-0.2, -0.15) is 4.31 Å². The molecule has 1 saturated heterocycles. The molecule has 5 aliphatic rings. The van der Waals surface area contributed by atoms with Crippen molar-refractivity contribution in [3.8, 4) is 0 Å². The van der Waals surface area contributed by atoms with E-state index in [1.54, 1.807) is 16.4 Å². The van der Waals surface area contributed by atoms with Gasteiger partial charge in [0.1, 0.15) is 0 Å². The Morgan fingerprint density at radius 2 is 1.59 bits per heavy atom. The summed E-state index contributed by atoms with van der Waals surface area (Å²) in [4.78, 5) is 14.2. The van der Waals surface area contributed by atoms with E-state index in [1.807, 2.05) is 30.3 Å². The molecule has 7 heteroatoms. The number of benzene rings is 2. The third kappa shape index (κ3) is 4.86. The van der Waals surface area contributed by atoms with Crippen LogP contribution in [0, 0.1) is 17.8 Å². The first kappa shape index (κ1) is 25.1. The lowest BCUT2D eigenvalue weighted by atomic mass is 9.53. The van der Waals surface area contributed by atoms with E-state index in [0.29, 0.717) is 19.5 Å². The summed E-state index contributed by atoms with van der Waals surface area (Å²) >= 11 is 0. The van der Waals surface area contributed by atoms with Gasteiger partial charge in [0.15, 0.2) is 0 Å². The second-order valence-electron chi connectivity index (χ2n) is 12.1. The Bertz CT molecular complexity index is 1190. The molecule has 198 valence electrons. The van der Waals surface area contributed by atoms with Crippen molar-refractivity contribution in [3.05, 3.63) is 65.7 Å². The number of nitrogens with one attached hydrogen (secondary N) is 1. The van der Waals surface area contributed by atoms with Crippen molar-refractivity contribution in [2.24, 2.45) is 23.5 Å². The van der Waals surface area contributed by atoms with Crippen LogP contribution in [0.4, 0.5) is 0 Å². The minimum absolute atomic E-state index is 0.0585. The smallest absolute Gasteiger partial charge is 0.243 e. The molecule has 4 aliphatic carbocycles. The van der Waals surface area contributed by atoms with Gasteiger partial charge in [-0.15, -0.1) is 0 Å². The second kappa shape index (κ2) is 9.83. The largest absolute Gasteiger partial charge is 0.350 e. The molecule has 2 aromatic rings. The summed E-state index contributed by atoms with van der Waals surface area (Å²) in [6.45, 7) is 0.844. The fraction of sp³-hybridized carbons (Fsp3) is 0.567. The second-order valence-corrected chi connectivity index (χ2v) is 14.0. The third-order valence-electron chi connectivity index (χ3n) is 9.51. The monoisotopic (exact) mass is 521 g/mol. The maximum Gasteiger partial charge on any atom is 0.243 e. The van der Waals surface area contributed by atoms with Gasteiger partial charge in [0, 0.05) is 24.7 Å². The van der Waals surface area contributed by atoms with E-state index in [9.17, 15) is 13.2 Å². The van der Waals surface area contributed by atoms with Crippen LogP contribution in [-0.2, 0) is 21.2 Å². The standard InChI is InChI=1S/C30H39N3O3S/c31-20-26-7-4-12-33(26)37(35,36)27-10-8-25(9-11-27)28(16-21-5-2-1-3-6-21)29(34)32-30-17-22-13-23(18-30)15-24(14-22)19-30/h1-3,5-6,8-11,22-24,26,28H,4,7,12-20,31H2,(H,32,34)/t22?,23?,24?,26-,28?,30?/m1/s1. The average Bonchev–Trinajstić information content (AvgIpc) is 3.37. The summed E-state index contributed by atoms with van der Waals surface area (Å²) in [5, 5.41) is 3.57. The minimum Gasteiger partial charge on any atom is -0.350 e. The highest BCUT2D eigenvalue weighted by molar-refractivity contribution is 7.89. The molecule has 37 heavy (non-hydrogen) atoms. The van der Waals surface area contributed by atoms with Crippen LogP contribution in [-0.4, -0.2) is 43.3 Å². The highest BCUT2D eigenvalue weighted by atomic mass is 32.2. The van der Waals surface area contributed by atoms with Gasteiger partial charge in [-0.1, -0.05) is 42.5 Å². The Labute approximate surface area is 221 Å². The molecule has 3 N–H and O–H groups in total. The summed E-state index contributed by atoms with van der Waals surface area (Å²) in [6.07, 6.45) is 9.56. The summed E-state index contributed by atoms with van der Waals surface area (Å²) in [7, 11) is -3.61. The highest BCUT2D eigenvalue weighted by Gasteiger charge is 2.52. The van der Waals surface area contributed by atoms with Gasteiger partial charge in [0.25, 0.3) is 0 Å². The number of amides is 1. The average molecular weight is 522 g/mol. The maximum atomic E-state index is 14.0. The Morgan fingerprint density at radius 1 is 0.973 bits per heavy atom. The molecule has 4 bridgehead atoms. The van der Waals surface area contributed by atoms with Crippen LogP contribution in [0.2, 0.25) is 0 Å². The molecule has 1 aliphatic heterocycles. The van der Waals surface area contributed by atoms with Gasteiger partial charge >= 0.3 is 0 Å². The molecule has 0 radical (unpaired) electrons. The number of nitrogens with zero attached hydrogens (tertiary/aromatic N) is 1. The van der Waals surface area contributed by atoms with Crippen LogP contribution in [0.1, 0.15) is 68.4 Å². The molecule has 6 nitrogen and oxygen atoms in total. The molecule has 5 fully saturated rings. The van der Waals surface area contributed by atoms with E-state index >= 15 is 0 Å². The predicted molar refractivity (Wildman–Crippen MR) is 144 cm³/mol. The fourth-order valence-corrected chi connectivity index (χ4v) is 9.90. The van der Waals surface area contributed by atoms with Crippen LogP contribution in [0.15, 0.2) is 59.5 Å². The third-order valence-corrected chi connectivity index (χ3v) is 11.5. The van der Waals surface area contributed by atoms with E-state index < -0.39 is 10.0 Å². The first-order valence-corrected chi connectivity index (χ1v) is 15.5. The lowest BCUT2D eigenvalue weighted by Crippen LogP contribution is -2.60. The summed E-state index contributed by atoms with van der Waals surface area (Å²) in [5.41, 5.74) is 7.75. The summed E-state index contributed by atoms with van der Waals surface area (Å²) in [6, 6.07) is 17.0. The number of nitrogens with two attached hydrogens (primary N) is 1. The van der Waals surface area contributed by atoms with Crippen molar-refractivity contribution < 1.29 is 13.2 Å². The molecule has 2 aromatic carbocycles. The van der Waals surface area contributed by atoms with Crippen molar-refractivity contribution in [1.82, 2.24) is 9.62 Å².